The molecule has 0 saturated heterocycles. The van der Waals surface area contributed by atoms with Crippen LogP contribution < -0.4 is 28.4 Å². The third-order valence-electron chi connectivity index (χ3n) is 6.55. The van der Waals surface area contributed by atoms with E-state index in [4.69, 9.17) is 33.5 Å². The highest BCUT2D eigenvalue weighted by molar-refractivity contribution is 6.02. The maximum Gasteiger partial charge on any atom is 0.214 e. The third-order valence-corrected chi connectivity index (χ3v) is 6.55. The quantitative estimate of drug-likeness (QED) is 0.530. The molecule has 3 aliphatic heterocycles. The zero-order chi connectivity index (χ0) is 23.9. The summed E-state index contributed by atoms with van der Waals surface area (Å²) in [6.07, 6.45) is 0.263. The largest absolute Gasteiger partial charge is 0.493 e. The van der Waals surface area contributed by atoms with Crippen molar-refractivity contribution in [3.05, 3.63) is 71.3 Å². The fourth-order valence-corrected chi connectivity index (χ4v) is 4.90. The summed E-state index contributed by atoms with van der Waals surface area (Å²) in [5, 5.41) is 7.08. The maximum atomic E-state index is 6.50. The second-order valence-corrected chi connectivity index (χ2v) is 8.47. The van der Waals surface area contributed by atoms with Crippen LogP contribution in [-0.2, 0) is 0 Å². The fraction of sp³-hybridized carbons (Fsp3) is 0.296. The van der Waals surface area contributed by atoms with Crippen molar-refractivity contribution < 1.29 is 28.4 Å². The molecule has 0 spiro atoms. The summed E-state index contributed by atoms with van der Waals surface area (Å²) in [7, 11) is 4.80. The standard InChI is InChI=1S/C27H26N2O6/c1-30-24-13-17(14-25(31-2)26(24)32-3)27-29-20(18-6-4-5-7-21(18)35-27)15-19(28-29)16-8-9-22-23(12-16)34-11-10-33-22/h4-9,12-14,20,27H,10-11,15H2,1-3H3/t20-,27-/m1/s1. The van der Waals surface area contributed by atoms with Gasteiger partial charge in [0, 0.05) is 23.1 Å². The van der Waals surface area contributed by atoms with Crippen molar-refractivity contribution in [2.24, 2.45) is 5.10 Å². The van der Waals surface area contributed by atoms with Gasteiger partial charge in [0.15, 0.2) is 23.0 Å². The van der Waals surface area contributed by atoms with Crippen LogP contribution in [0.15, 0.2) is 59.7 Å². The Balaban J connectivity index is 1.44. The van der Waals surface area contributed by atoms with Crippen LogP contribution in [0.5, 0.6) is 34.5 Å². The first-order chi connectivity index (χ1) is 17.2. The van der Waals surface area contributed by atoms with Gasteiger partial charge in [0.1, 0.15) is 19.0 Å². The Morgan fingerprint density at radius 3 is 2.31 bits per heavy atom. The number of benzene rings is 3. The van der Waals surface area contributed by atoms with Crippen molar-refractivity contribution in [3.63, 3.8) is 0 Å². The fourth-order valence-electron chi connectivity index (χ4n) is 4.90. The minimum Gasteiger partial charge on any atom is -0.493 e. The van der Waals surface area contributed by atoms with Gasteiger partial charge in [-0.15, -0.1) is 0 Å². The van der Waals surface area contributed by atoms with Gasteiger partial charge in [0.05, 0.1) is 33.1 Å². The number of ether oxygens (including phenoxy) is 6. The molecule has 6 rings (SSSR count). The number of fused-ring (bicyclic) bond motifs is 4. The summed E-state index contributed by atoms with van der Waals surface area (Å²) in [4.78, 5) is 0. The molecular weight excluding hydrogens is 448 g/mol. The summed E-state index contributed by atoms with van der Waals surface area (Å²) in [6.45, 7) is 1.11. The molecule has 180 valence electrons. The first kappa shape index (κ1) is 21.5. The Bertz CT molecular complexity index is 1280. The maximum absolute atomic E-state index is 6.50. The first-order valence-electron chi connectivity index (χ1n) is 11.5. The molecule has 3 aliphatic rings. The molecule has 8 heteroatoms. The van der Waals surface area contributed by atoms with E-state index in [0.29, 0.717) is 30.5 Å². The van der Waals surface area contributed by atoms with Crippen LogP contribution in [0.1, 0.15) is 35.4 Å². The van der Waals surface area contributed by atoms with Crippen LogP contribution in [0, 0.1) is 0 Å². The molecule has 0 unspecified atom stereocenters. The van der Waals surface area contributed by atoms with Crippen molar-refractivity contribution in [1.82, 2.24) is 5.01 Å². The molecule has 3 heterocycles. The van der Waals surface area contributed by atoms with Crippen molar-refractivity contribution >= 4 is 5.71 Å². The van der Waals surface area contributed by atoms with E-state index in [1.807, 2.05) is 53.5 Å². The second kappa shape index (κ2) is 8.61. The van der Waals surface area contributed by atoms with Gasteiger partial charge in [-0.2, -0.15) is 5.10 Å². The molecule has 0 saturated carbocycles. The molecule has 3 aromatic carbocycles. The zero-order valence-corrected chi connectivity index (χ0v) is 19.8. The van der Waals surface area contributed by atoms with Crippen LogP contribution in [0.25, 0.3) is 0 Å². The smallest absolute Gasteiger partial charge is 0.214 e. The zero-order valence-electron chi connectivity index (χ0n) is 19.8. The summed E-state index contributed by atoms with van der Waals surface area (Å²) >= 11 is 0. The molecule has 35 heavy (non-hydrogen) atoms. The number of hydrogen-bond acceptors (Lipinski definition) is 8. The van der Waals surface area contributed by atoms with Crippen molar-refractivity contribution in [2.45, 2.75) is 18.7 Å². The van der Waals surface area contributed by atoms with Gasteiger partial charge in [0.25, 0.3) is 0 Å². The molecule has 0 aromatic heterocycles. The molecule has 0 amide bonds. The van der Waals surface area contributed by atoms with Crippen LogP contribution in [0.2, 0.25) is 0 Å². The van der Waals surface area contributed by atoms with E-state index in [0.717, 1.165) is 46.1 Å². The van der Waals surface area contributed by atoms with Gasteiger partial charge >= 0.3 is 0 Å². The molecule has 0 radical (unpaired) electrons. The molecular formula is C27H26N2O6. The SMILES string of the molecule is COc1cc([C@H]2Oc3ccccc3[C@H]3CC(c4ccc5c(c4)OCCO5)=NN32)cc(OC)c1OC. The lowest BCUT2D eigenvalue weighted by Crippen LogP contribution is -2.33. The molecule has 0 N–H and O–H groups in total. The van der Waals surface area contributed by atoms with E-state index in [9.17, 15) is 0 Å². The lowest BCUT2D eigenvalue weighted by Gasteiger charge is -2.38. The Labute approximate surface area is 203 Å². The van der Waals surface area contributed by atoms with Crippen molar-refractivity contribution in [3.8, 4) is 34.5 Å². The Hall–Kier alpha value is -4.07. The Morgan fingerprint density at radius 1 is 0.829 bits per heavy atom. The lowest BCUT2D eigenvalue weighted by atomic mass is 9.95. The van der Waals surface area contributed by atoms with Crippen molar-refractivity contribution in [2.75, 3.05) is 34.5 Å². The Morgan fingerprint density at radius 2 is 1.57 bits per heavy atom. The number of hydrazone groups is 1. The number of nitrogens with zero attached hydrogens (tertiary/aromatic N) is 2. The van der Waals surface area contributed by atoms with Crippen LogP contribution >= 0.6 is 0 Å². The van der Waals surface area contributed by atoms with Crippen LogP contribution in [0.4, 0.5) is 0 Å². The van der Waals surface area contributed by atoms with E-state index in [1.54, 1.807) is 21.3 Å². The van der Waals surface area contributed by atoms with Gasteiger partial charge in [-0.05, 0) is 36.4 Å². The topological polar surface area (TPSA) is 71.0 Å². The van der Waals surface area contributed by atoms with Crippen molar-refractivity contribution in [1.29, 1.82) is 0 Å². The average Bonchev–Trinajstić information content (AvgIpc) is 3.37. The highest BCUT2D eigenvalue weighted by Gasteiger charge is 2.41. The summed E-state index contributed by atoms with van der Waals surface area (Å²) in [5.74, 6) is 4.02. The predicted molar refractivity (Wildman–Crippen MR) is 129 cm³/mol. The van der Waals surface area contributed by atoms with E-state index >= 15 is 0 Å². The third kappa shape index (κ3) is 3.56. The Kier molecular flexibility index (Phi) is 5.28. The highest BCUT2D eigenvalue weighted by atomic mass is 16.6. The predicted octanol–water partition coefficient (Wildman–Crippen LogP) is 4.73. The number of para-hydroxylation sites is 1. The summed E-state index contributed by atoms with van der Waals surface area (Å²) < 4.78 is 34.7. The summed E-state index contributed by atoms with van der Waals surface area (Å²) in [6, 6.07) is 17.9. The second-order valence-electron chi connectivity index (χ2n) is 8.47. The van der Waals surface area contributed by atoms with E-state index in [-0.39, 0.29) is 6.04 Å². The van der Waals surface area contributed by atoms with Gasteiger partial charge in [-0.1, -0.05) is 18.2 Å². The molecule has 3 aromatic rings. The van der Waals surface area contributed by atoms with E-state index in [1.165, 1.54) is 0 Å². The van der Waals surface area contributed by atoms with Gasteiger partial charge in [-0.3, -0.25) is 0 Å². The van der Waals surface area contributed by atoms with Crippen LogP contribution in [0.3, 0.4) is 0 Å². The van der Waals surface area contributed by atoms with Gasteiger partial charge in [0.2, 0.25) is 12.0 Å². The minimum absolute atomic E-state index is 0.0206. The van der Waals surface area contributed by atoms with Crippen LogP contribution in [-0.4, -0.2) is 45.3 Å². The molecule has 0 fully saturated rings. The normalized spacial score (nSPS) is 19.7. The molecule has 0 aliphatic carbocycles. The minimum atomic E-state index is -0.474. The summed E-state index contributed by atoms with van der Waals surface area (Å²) in [5.41, 5.74) is 3.92. The lowest BCUT2D eigenvalue weighted by molar-refractivity contribution is -0.0192. The molecule has 2 atom stereocenters. The highest BCUT2D eigenvalue weighted by Crippen LogP contribution is 2.50. The van der Waals surface area contributed by atoms with E-state index < -0.39 is 6.23 Å². The molecule has 0 bridgehead atoms. The van der Waals surface area contributed by atoms with Gasteiger partial charge in [-0.25, -0.2) is 5.01 Å². The number of hydrogen-bond donors (Lipinski definition) is 0. The first-order valence-corrected chi connectivity index (χ1v) is 11.5. The van der Waals surface area contributed by atoms with Gasteiger partial charge < -0.3 is 28.4 Å². The number of rotatable bonds is 5. The number of methoxy groups -OCH3 is 3. The average molecular weight is 475 g/mol. The molecule has 8 nitrogen and oxygen atoms in total. The van der Waals surface area contributed by atoms with E-state index in [2.05, 4.69) is 6.07 Å². The monoisotopic (exact) mass is 474 g/mol.